The number of ether oxygens (including phenoxy) is 2. The van der Waals surface area contributed by atoms with E-state index in [0.29, 0.717) is 19.8 Å². The normalized spacial score (nSPS) is 27.3. The lowest BCUT2D eigenvalue weighted by molar-refractivity contribution is -0.231. The number of likely N-dealkylation sites (tertiary alicyclic amines) is 1. The van der Waals surface area contributed by atoms with Gasteiger partial charge in [0.25, 0.3) is 0 Å². The van der Waals surface area contributed by atoms with Crippen molar-refractivity contribution in [3.63, 3.8) is 0 Å². The Bertz CT molecular complexity index is 546. The summed E-state index contributed by atoms with van der Waals surface area (Å²) in [7, 11) is 0. The minimum Gasteiger partial charge on any atom is -0.345 e. The molecule has 112 valence electrons. The first-order chi connectivity index (χ1) is 10.2. The fourth-order valence-electron chi connectivity index (χ4n) is 4.06. The van der Waals surface area contributed by atoms with E-state index in [0.717, 1.165) is 24.8 Å². The number of hydrogen-bond donors (Lipinski definition) is 0. The first-order valence-corrected chi connectivity index (χ1v) is 7.83. The molecule has 3 fully saturated rings. The Kier molecular flexibility index (Phi) is 2.88. The van der Waals surface area contributed by atoms with Crippen LogP contribution >= 0.6 is 0 Å². The van der Waals surface area contributed by atoms with Gasteiger partial charge in [-0.25, -0.2) is 0 Å². The lowest BCUT2D eigenvalue weighted by Gasteiger charge is -2.45. The second-order valence-electron chi connectivity index (χ2n) is 6.41. The Morgan fingerprint density at radius 2 is 1.81 bits per heavy atom. The second kappa shape index (κ2) is 4.55. The van der Waals surface area contributed by atoms with Crippen molar-refractivity contribution >= 4 is 5.91 Å². The molecular formula is C17H21NO3. The Labute approximate surface area is 125 Å². The van der Waals surface area contributed by atoms with E-state index >= 15 is 0 Å². The molecule has 0 bridgehead atoms. The van der Waals surface area contributed by atoms with Gasteiger partial charge in [0.15, 0.2) is 0 Å². The van der Waals surface area contributed by atoms with Crippen LogP contribution in [0.2, 0.25) is 0 Å². The van der Waals surface area contributed by atoms with Gasteiger partial charge >= 0.3 is 0 Å². The molecular weight excluding hydrogens is 266 g/mol. The van der Waals surface area contributed by atoms with Crippen LogP contribution in [-0.4, -0.2) is 36.4 Å². The molecule has 2 heterocycles. The minimum atomic E-state index is -0.689. The molecule has 4 rings (SSSR count). The van der Waals surface area contributed by atoms with Gasteiger partial charge in [-0.2, -0.15) is 0 Å². The van der Waals surface area contributed by atoms with Crippen molar-refractivity contribution in [1.82, 2.24) is 4.90 Å². The quantitative estimate of drug-likeness (QED) is 0.839. The van der Waals surface area contributed by atoms with Crippen LogP contribution in [-0.2, 0) is 14.3 Å². The van der Waals surface area contributed by atoms with Crippen LogP contribution in [0.3, 0.4) is 0 Å². The average Bonchev–Trinajstić information content (AvgIpc) is 3.03. The molecule has 21 heavy (non-hydrogen) atoms. The third kappa shape index (κ3) is 1.66. The van der Waals surface area contributed by atoms with E-state index in [-0.39, 0.29) is 11.9 Å². The topological polar surface area (TPSA) is 38.8 Å². The molecule has 1 aromatic carbocycles. The maximum atomic E-state index is 13.1. The zero-order chi connectivity index (χ0) is 14.5. The van der Waals surface area contributed by atoms with Crippen LogP contribution in [0.15, 0.2) is 30.3 Å². The highest BCUT2D eigenvalue weighted by atomic mass is 16.7. The monoisotopic (exact) mass is 287 g/mol. The van der Waals surface area contributed by atoms with Crippen molar-refractivity contribution in [2.75, 3.05) is 19.8 Å². The number of amides is 1. The SMILES string of the molecule is C[C@H](c1ccccc1)N1CC2(OCCO2)C2(CCC2)C1=O. The molecule has 2 saturated heterocycles. The zero-order valence-corrected chi connectivity index (χ0v) is 12.4. The van der Waals surface area contributed by atoms with Crippen LogP contribution in [0.1, 0.15) is 37.8 Å². The summed E-state index contributed by atoms with van der Waals surface area (Å²) in [4.78, 5) is 15.0. The van der Waals surface area contributed by atoms with E-state index in [4.69, 9.17) is 9.47 Å². The van der Waals surface area contributed by atoms with Gasteiger partial charge in [-0.15, -0.1) is 0 Å². The minimum absolute atomic E-state index is 0.0587. The Morgan fingerprint density at radius 1 is 1.14 bits per heavy atom. The van der Waals surface area contributed by atoms with E-state index in [1.807, 2.05) is 23.1 Å². The highest BCUT2D eigenvalue weighted by molar-refractivity contribution is 5.88. The van der Waals surface area contributed by atoms with E-state index in [9.17, 15) is 4.79 Å². The van der Waals surface area contributed by atoms with Gasteiger partial charge < -0.3 is 14.4 Å². The molecule has 2 spiro atoms. The fourth-order valence-corrected chi connectivity index (χ4v) is 4.06. The van der Waals surface area contributed by atoms with Gasteiger partial charge in [0.05, 0.1) is 25.8 Å². The van der Waals surface area contributed by atoms with Crippen molar-refractivity contribution in [3.8, 4) is 0 Å². The number of hydrogen-bond acceptors (Lipinski definition) is 3. The Hall–Kier alpha value is -1.39. The molecule has 1 aliphatic carbocycles. The molecule has 4 nitrogen and oxygen atoms in total. The first kappa shape index (κ1) is 13.3. The van der Waals surface area contributed by atoms with Crippen LogP contribution in [0.5, 0.6) is 0 Å². The molecule has 1 amide bonds. The van der Waals surface area contributed by atoms with Crippen molar-refractivity contribution in [1.29, 1.82) is 0 Å². The van der Waals surface area contributed by atoms with Gasteiger partial charge in [-0.3, -0.25) is 4.79 Å². The second-order valence-corrected chi connectivity index (χ2v) is 6.41. The number of carbonyl (C=O) groups is 1. The smallest absolute Gasteiger partial charge is 0.235 e. The van der Waals surface area contributed by atoms with Crippen LogP contribution in [0, 0.1) is 5.41 Å². The van der Waals surface area contributed by atoms with E-state index in [1.165, 1.54) is 0 Å². The summed E-state index contributed by atoms with van der Waals surface area (Å²) in [5.74, 6) is -0.474. The third-order valence-corrected chi connectivity index (χ3v) is 5.49. The molecule has 0 unspecified atom stereocenters. The largest absolute Gasteiger partial charge is 0.345 e. The molecule has 1 atom stereocenters. The van der Waals surface area contributed by atoms with Crippen LogP contribution < -0.4 is 0 Å². The Morgan fingerprint density at radius 3 is 2.38 bits per heavy atom. The van der Waals surface area contributed by atoms with Crippen molar-refractivity contribution in [3.05, 3.63) is 35.9 Å². The maximum absolute atomic E-state index is 13.1. The fraction of sp³-hybridized carbons (Fsp3) is 0.588. The molecule has 0 N–H and O–H groups in total. The van der Waals surface area contributed by atoms with Crippen LogP contribution in [0.4, 0.5) is 0 Å². The predicted octanol–water partition coefficient (Wildman–Crippen LogP) is 2.50. The summed E-state index contributed by atoms with van der Waals surface area (Å²) in [5, 5.41) is 0. The van der Waals surface area contributed by atoms with Crippen molar-refractivity contribution in [2.45, 2.75) is 38.0 Å². The van der Waals surface area contributed by atoms with Gasteiger partial charge in [0.1, 0.15) is 5.41 Å². The third-order valence-electron chi connectivity index (χ3n) is 5.49. The zero-order valence-electron chi connectivity index (χ0n) is 12.4. The van der Waals surface area contributed by atoms with Gasteiger partial charge in [0, 0.05) is 0 Å². The Balaban J connectivity index is 1.67. The number of nitrogens with zero attached hydrogens (tertiary/aromatic N) is 1. The van der Waals surface area contributed by atoms with Gasteiger partial charge in [-0.1, -0.05) is 36.8 Å². The molecule has 4 heteroatoms. The van der Waals surface area contributed by atoms with E-state index in [1.54, 1.807) is 0 Å². The number of benzene rings is 1. The van der Waals surface area contributed by atoms with Crippen molar-refractivity contribution < 1.29 is 14.3 Å². The number of fused-ring (bicyclic) bond motifs is 1. The number of carbonyl (C=O) groups excluding carboxylic acids is 1. The molecule has 3 aliphatic rings. The summed E-state index contributed by atoms with van der Waals surface area (Å²) in [6.07, 6.45) is 2.88. The first-order valence-electron chi connectivity index (χ1n) is 7.83. The van der Waals surface area contributed by atoms with E-state index < -0.39 is 11.2 Å². The maximum Gasteiger partial charge on any atom is 0.235 e. The lowest BCUT2D eigenvalue weighted by atomic mass is 9.64. The number of rotatable bonds is 2. The standard InChI is InChI=1S/C17H21NO3/c1-13(14-6-3-2-4-7-14)18-12-17(20-10-11-21-17)16(15(18)19)8-5-9-16/h2-4,6-7,13H,5,8-12H2,1H3/t13-/m1/s1. The van der Waals surface area contributed by atoms with Crippen LogP contribution in [0.25, 0.3) is 0 Å². The molecule has 2 aliphatic heterocycles. The molecule has 0 aromatic heterocycles. The highest BCUT2D eigenvalue weighted by Crippen LogP contribution is 2.59. The predicted molar refractivity (Wildman–Crippen MR) is 77.5 cm³/mol. The molecule has 1 aromatic rings. The lowest BCUT2D eigenvalue weighted by Crippen LogP contribution is -2.54. The van der Waals surface area contributed by atoms with E-state index in [2.05, 4.69) is 19.1 Å². The van der Waals surface area contributed by atoms with Gasteiger partial charge in [0.2, 0.25) is 11.7 Å². The summed E-state index contributed by atoms with van der Waals surface area (Å²) in [6.45, 7) is 3.85. The molecule has 1 saturated carbocycles. The summed E-state index contributed by atoms with van der Waals surface area (Å²) < 4.78 is 11.9. The summed E-state index contributed by atoms with van der Waals surface area (Å²) >= 11 is 0. The summed E-state index contributed by atoms with van der Waals surface area (Å²) in [6, 6.07) is 10.2. The summed E-state index contributed by atoms with van der Waals surface area (Å²) in [5.41, 5.74) is 0.738. The van der Waals surface area contributed by atoms with Crippen molar-refractivity contribution in [2.24, 2.45) is 5.41 Å². The highest BCUT2D eigenvalue weighted by Gasteiger charge is 2.70. The average molecular weight is 287 g/mol. The molecule has 0 radical (unpaired) electrons. The van der Waals surface area contributed by atoms with Gasteiger partial charge in [-0.05, 0) is 25.3 Å².